The summed E-state index contributed by atoms with van der Waals surface area (Å²) in [5.74, 6) is -2.05. The molecule has 1 saturated heterocycles. The van der Waals surface area contributed by atoms with Crippen molar-refractivity contribution in [3.05, 3.63) is 74.4 Å². The van der Waals surface area contributed by atoms with Gasteiger partial charge in [-0.1, -0.05) is 43.6 Å². The van der Waals surface area contributed by atoms with Crippen LogP contribution in [0.25, 0.3) is 28.0 Å². The SMILES string of the molecule is C=CC(=O)N1CC2CN(C)c3c(F)c(-c4c(N)c(Cl)cc(Cl)c4F)nc4c3c(nc(=O)n4-c3c(C)ccnc3C(C)C)N2CC1C. The number of nitrogens with two attached hydrogens (primary N) is 1. The van der Waals surface area contributed by atoms with Crippen molar-refractivity contribution >= 4 is 57.3 Å². The fraction of sp³-hybridized carbons (Fsp3) is 0.344. The van der Waals surface area contributed by atoms with Crippen molar-refractivity contribution in [2.24, 2.45) is 0 Å². The van der Waals surface area contributed by atoms with Crippen molar-refractivity contribution in [1.82, 2.24) is 24.4 Å². The number of nitrogen functional groups attached to an aromatic ring is 1. The van der Waals surface area contributed by atoms with Gasteiger partial charge in [-0.05, 0) is 43.5 Å². The number of hydrogen-bond acceptors (Lipinski definition) is 8. The number of piperazine rings is 1. The Labute approximate surface area is 274 Å². The van der Waals surface area contributed by atoms with Gasteiger partial charge in [0.05, 0.1) is 49.8 Å². The number of amides is 1. The van der Waals surface area contributed by atoms with Gasteiger partial charge in [0.2, 0.25) is 5.91 Å². The van der Waals surface area contributed by atoms with Crippen molar-refractivity contribution in [3.63, 3.8) is 0 Å². The third kappa shape index (κ3) is 4.77. The quantitative estimate of drug-likeness (QED) is 0.173. The Morgan fingerprint density at radius 1 is 1.13 bits per heavy atom. The predicted octanol–water partition coefficient (Wildman–Crippen LogP) is 5.48. The van der Waals surface area contributed by atoms with Crippen molar-refractivity contribution in [2.75, 3.05) is 42.2 Å². The molecule has 14 heteroatoms. The first-order valence-corrected chi connectivity index (χ1v) is 15.5. The molecule has 2 unspecified atom stereocenters. The van der Waals surface area contributed by atoms with Gasteiger partial charge in [-0.25, -0.2) is 23.1 Å². The minimum atomic E-state index is -1.01. The Morgan fingerprint density at radius 3 is 2.52 bits per heavy atom. The molecule has 46 heavy (non-hydrogen) atoms. The fourth-order valence-corrected chi connectivity index (χ4v) is 7.00. The molecule has 2 N–H and O–H groups in total. The lowest BCUT2D eigenvalue weighted by atomic mass is 10.0. The minimum Gasteiger partial charge on any atom is -0.397 e. The van der Waals surface area contributed by atoms with E-state index in [1.807, 2.05) is 32.6 Å². The van der Waals surface area contributed by atoms with Crippen LogP contribution in [0.3, 0.4) is 0 Å². The Kier molecular flexibility index (Phi) is 7.92. The van der Waals surface area contributed by atoms with Gasteiger partial charge in [-0.15, -0.1) is 0 Å². The molecule has 10 nitrogen and oxygen atoms in total. The molecule has 1 fully saturated rings. The summed E-state index contributed by atoms with van der Waals surface area (Å²) in [5, 5.41) is -0.213. The van der Waals surface area contributed by atoms with Crippen molar-refractivity contribution in [2.45, 2.75) is 45.7 Å². The molecule has 1 amide bonds. The topological polar surface area (TPSA) is 113 Å². The monoisotopic (exact) mass is 668 g/mol. The number of hydrogen-bond donors (Lipinski definition) is 1. The number of anilines is 3. The molecule has 6 rings (SSSR count). The van der Waals surface area contributed by atoms with E-state index < -0.39 is 28.6 Å². The maximum atomic E-state index is 17.1. The molecule has 240 valence electrons. The van der Waals surface area contributed by atoms with E-state index in [0.717, 1.165) is 6.07 Å². The van der Waals surface area contributed by atoms with E-state index in [2.05, 4.69) is 21.5 Å². The van der Waals surface area contributed by atoms with E-state index >= 15 is 8.78 Å². The van der Waals surface area contributed by atoms with E-state index in [4.69, 9.17) is 28.9 Å². The zero-order chi connectivity index (χ0) is 33.4. The number of halogens is 4. The van der Waals surface area contributed by atoms with E-state index in [1.54, 1.807) is 29.1 Å². The van der Waals surface area contributed by atoms with E-state index in [0.29, 0.717) is 23.5 Å². The summed E-state index contributed by atoms with van der Waals surface area (Å²) < 4.78 is 34.1. The number of carbonyl (C=O) groups is 1. The Hall–Kier alpha value is -4.29. The number of aromatic nitrogens is 4. The fourth-order valence-electron chi connectivity index (χ4n) is 6.54. The number of pyridine rings is 2. The number of carbonyl (C=O) groups excluding carboxylic acids is 1. The van der Waals surface area contributed by atoms with Gasteiger partial charge in [0.25, 0.3) is 0 Å². The molecule has 2 aliphatic rings. The number of likely N-dealkylation sites (N-methyl/N-ethyl adjacent to an activating group) is 1. The summed E-state index contributed by atoms with van der Waals surface area (Å²) in [4.78, 5) is 46.1. The molecule has 1 aromatic carbocycles. The van der Waals surface area contributed by atoms with Gasteiger partial charge >= 0.3 is 5.69 Å². The van der Waals surface area contributed by atoms with Crippen LogP contribution in [0, 0.1) is 18.6 Å². The maximum Gasteiger partial charge on any atom is 0.355 e. The van der Waals surface area contributed by atoms with Crippen molar-refractivity contribution < 1.29 is 13.6 Å². The van der Waals surface area contributed by atoms with E-state index in [-0.39, 0.29) is 75.3 Å². The Balaban J connectivity index is 1.78. The number of nitrogens with zero attached hydrogens (tertiary/aromatic N) is 7. The molecule has 0 saturated carbocycles. The molecular formula is C32H32Cl2F2N8O2. The van der Waals surface area contributed by atoms with Crippen LogP contribution in [0.4, 0.5) is 26.0 Å². The standard InChI is InChI=1S/C32H32Cl2F2N8O2/c1-7-20(45)42-13-17-12-41(6)29-22-30(43(17)11-16(42)5)40-32(46)44(28-15(4)8-9-38-26(28)14(2)3)31(22)39-27(24(29)36)21-23(35)18(33)10-19(34)25(21)37/h7-10,14,16-17H,1,11-13,37H2,2-6H3. The van der Waals surface area contributed by atoms with Gasteiger partial charge in [-0.3, -0.25) is 9.78 Å². The summed E-state index contributed by atoms with van der Waals surface area (Å²) in [5.41, 5.74) is 6.19. The molecular weight excluding hydrogens is 637 g/mol. The van der Waals surface area contributed by atoms with Gasteiger partial charge < -0.3 is 20.4 Å². The van der Waals surface area contributed by atoms with Crippen LogP contribution in [0.15, 0.2) is 35.8 Å². The maximum absolute atomic E-state index is 17.1. The lowest BCUT2D eigenvalue weighted by Crippen LogP contribution is -2.61. The molecule has 5 heterocycles. The number of aryl methyl sites for hydroxylation is 1. The highest BCUT2D eigenvalue weighted by atomic mass is 35.5. The van der Waals surface area contributed by atoms with Crippen LogP contribution < -0.4 is 21.2 Å². The Bertz CT molecular complexity index is 1990. The number of rotatable bonds is 4. The second-order valence-electron chi connectivity index (χ2n) is 12.1. The zero-order valence-electron chi connectivity index (χ0n) is 25.9. The lowest BCUT2D eigenvalue weighted by Gasteiger charge is -2.45. The Morgan fingerprint density at radius 2 is 1.85 bits per heavy atom. The molecule has 0 radical (unpaired) electrons. The zero-order valence-corrected chi connectivity index (χ0v) is 27.4. The summed E-state index contributed by atoms with van der Waals surface area (Å²) in [7, 11) is 1.68. The molecule has 0 spiro atoms. The van der Waals surface area contributed by atoms with Crippen molar-refractivity contribution in [1.29, 1.82) is 0 Å². The molecule has 3 aromatic heterocycles. The van der Waals surface area contributed by atoms with Crippen LogP contribution in [0.1, 0.15) is 37.9 Å². The van der Waals surface area contributed by atoms with E-state index in [1.165, 1.54) is 10.6 Å². The highest BCUT2D eigenvalue weighted by Gasteiger charge is 2.41. The second-order valence-corrected chi connectivity index (χ2v) is 12.9. The second kappa shape index (κ2) is 11.5. The van der Waals surface area contributed by atoms with Gasteiger partial charge in [0, 0.05) is 38.9 Å². The van der Waals surface area contributed by atoms with Crippen LogP contribution in [-0.4, -0.2) is 69.1 Å². The summed E-state index contributed by atoms with van der Waals surface area (Å²) in [6, 6.07) is 2.23. The average Bonchev–Trinajstić information content (AvgIpc) is 3.12. The summed E-state index contributed by atoms with van der Waals surface area (Å²) >= 11 is 12.5. The number of fused-ring (bicyclic) bond motifs is 2. The van der Waals surface area contributed by atoms with Gasteiger partial charge in [0.15, 0.2) is 17.3 Å². The average molecular weight is 670 g/mol. The molecule has 0 bridgehead atoms. The summed E-state index contributed by atoms with van der Waals surface area (Å²) in [6.07, 6.45) is 2.90. The van der Waals surface area contributed by atoms with Crippen LogP contribution in [0.2, 0.25) is 10.0 Å². The molecule has 2 atom stereocenters. The van der Waals surface area contributed by atoms with Crippen LogP contribution in [-0.2, 0) is 4.79 Å². The predicted molar refractivity (Wildman–Crippen MR) is 177 cm³/mol. The van der Waals surface area contributed by atoms with Crippen LogP contribution >= 0.6 is 23.2 Å². The highest BCUT2D eigenvalue weighted by molar-refractivity contribution is 6.37. The molecule has 2 aliphatic heterocycles. The number of benzene rings is 1. The minimum absolute atomic E-state index is 0.0269. The largest absolute Gasteiger partial charge is 0.397 e. The van der Waals surface area contributed by atoms with E-state index in [9.17, 15) is 9.59 Å². The highest BCUT2D eigenvalue weighted by Crippen LogP contribution is 2.45. The first kappa shape index (κ1) is 31.7. The molecule has 0 aliphatic carbocycles. The smallest absolute Gasteiger partial charge is 0.355 e. The third-order valence-corrected chi connectivity index (χ3v) is 9.32. The first-order chi connectivity index (χ1) is 21.8. The lowest BCUT2D eigenvalue weighted by molar-refractivity contribution is -0.128. The first-order valence-electron chi connectivity index (χ1n) is 14.7. The molecule has 4 aromatic rings. The van der Waals surface area contributed by atoms with Gasteiger partial charge in [0.1, 0.15) is 11.5 Å². The van der Waals surface area contributed by atoms with Crippen molar-refractivity contribution in [3.8, 4) is 16.9 Å². The third-order valence-electron chi connectivity index (χ3n) is 8.73. The summed E-state index contributed by atoms with van der Waals surface area (Å²) in [6.45, 7) is 12.0. The van der Waals surface area contributed by atoms with Gasteiger partial charge in [-0.2, -0.15) is 4.98 Å². The normalized spacial score (nSPS) is 17.8. The van der Waals surface area contributed by atoms with Crippen LogP contribution in [0.5, 0.6) is 0 Å².